The second kappa shape index (κ2) is 8.63. The molecule has 2 N–H and O–H groups in total. The smallest absolute Gasteiger partial charge is 0.543 e. The van der Waals surface area contributed by atoms with Gasteiger partial charge in [0, 0.05) is 17.7 Å². The van der Waals surface area contributed by atoms with Crippen LogP contribution in [0.2, 0.25) is 0 Å². The van der Waals surface area contributed by atoms with E-state index in [4.69, 9.17) is 0 Å². The molecule has 2 aromatic heterocycles. The van der Waals surface area contributed by atoms with Crippen LogP contribution in [-0.4, -0.2) is 70.4 Å². The predicted molar refractivity (Wildman–Crippen MR) is 107 cm³/mol. The van der Waals surface area contributed by atoms with Crippen molar-refractivity contribution >= 4 is 49.4 Å². The Labute approximate surface area is 209 Å². The Balaban J connectivity index is 0.00000289. The molecule has 4 heterocycles. The van der Waals surface area contributed by atoms with Crippen molar-refractivity contribution in [1.29, 1.82) is 0 Å². The van der Waals surface area contributed by atoms with Crippen molar-refractivity contribution in [3.05, 3.63) is 28.8 Å². The first-order chi connectivity index (χ1) is 14.4. The van der Waals surface area contributed by atoms with Gasteiger partial charge >= 0.3 is 29.6 Å². The van der Waals surface area contributed by atoms with Gasteiger partial charge in [0.05, 0.1) is 47.4 Å². The van der Waals surface area contributed by atoms with Crippen LogP contribution in [-0.2, 0) is 19.6 Å². The van der Waals surface area contributed by atoms with Crippen LogP contribution in [0.4, 0.5) is 0 Å². The van der Waals surface area contributed by atoms with Crippen LogP contribution in [0.5, 0.6) is 0 Å². The molecular formula is C18H19N4NaO7S2. The Morgan fingerprint density at radius 2 is 2.06 bits per heavy atom. The maximum Gasteiger partial charge on any atom is 1.00 e. The number of β-lactam (4-membered cyclic amide) rings is 1. The van der Waals surface area contributed by atoms with Gasteiger partial charge in [-0.15, -0.1) is 11.3 Å². The fourth-order valence-corrected chi connectivity index (χ4v) is 5.91. The minimum Gasteiger partial charge on any atom is -0.543 e. The second-order valence-electron chi connectivity index (χ2n) is 7.72. The van der Waals surface area contributed by atoms with E-state index in [1.165, 1.54) is 18.2 Å². The monoisotopic (exact) mass is 490 g/mol. The minimum atomic E-state index is -3.56. The molecular weight excluding hydrogens is 471 g/mol. The van der Waals surface area contributed by atoms with E-state index in [9.17, 15) is 33.0 Å². The van der Waals surface area contributed by atoms with E-state index in [-0.39, 0.29) is 46.9 Å². The summed E-state index contributed by atoms with van der Waals surface area (Å²) < 4.78 is 26.2. The molecule has 0 spiro atoms. The number of ketones is 1. The summed E-state index contributed by atoms with van der Waals surface area (Å²) in [5, 5.41) is 21.8. The Bertz CT molecular complexity index is 1260. The van der Waals surface area contributed by atoms with Gasteiger partial charge in [-0.1, -0.05) is 6.92 Å². The van der Waals surface area contributed by atoms with Crippen molar-refractivity contribution in [2.75, 3.05) is 12.8 Å². The molecule has 11 nitrogen and oxygen atoms in total. The molecule has 0 radical (unpaired) electrons. The van der Waals surface area contributed by atoms with Crippen LogP contribution < -0.4 is 39.4 Å². The van der Waals surface area contributed by atoms with E-state index in [2.05, 4.69) is 9.71 Å². The molecule has 1 amide bonds. The zero-order chi connectivity index (χ0) is 22.8. The van der Waals surface area contributed by atoms with Gasteiger partial charge in [0.15, 0.2) is 5.78 Å². The van der Waals surface area contributed by atoms with Gasteiger partial charge in [-0.3, -0.25) is 14.0 Å². The first kappa shape index (κ1) is 25.0. The Morgan fingerprint density at radius 3 is 2.62 bits per heavy atom. The van der Waals surface area contributed by atoms with Gasteiger partial charge in [-0.2, -0.15) is 0 Å². The van der Waals surface area contributed by atoms with Crippen LogP contribution in [0.15, 0.2) is 18.2 Å². The maximum atomic E-state index is 12.5. The molecule has 1 fully saturated rings. The topological polar surface area (TPSA) is 161 Å². The van der Waals surface area contributed by atoms with E-state index in [0.29, 0.717) is 15.3 Å². The molecule has 32 heavy (non-hydrogen) atoms. The van der Waals surface area contributed by atoms with E-state index >= 15 is 0 Å². The first-order valence-corrected chi connectivity index (χ1v) is 12.0. The third-order valence-corrected chi connectivity index (χ3v) is 7.41. The Hall–Kier alpha value is -1.61. The Morgan fingerprint density at radius 1 is 1.41 bits per heavy atom. The summed E-state index contributed by atoms with van der Waals surface area (Å²) in [5.74, 6) is -3.58. The molecule has 14 heteroatoms. The number of imidazole rings is 1. The summed E-state index contributed by atoms with van der Waals surface area (Å²) in [7, 11) is -3.56. The molecule has 0 aliphatic carbocycles. The number of carboxylic acids is 1. The molecule has 166 valence electrons. The van der Waals surface area contributed by atoms with E-state index < -0.39 is 52.3 Å². The number of aliphatic hydroxyl groups is 1. The van der Waals surface area contributed by atoms with Gasteiger partial charge in [0.2, 0.25) is 15.9 Å². The number of aliphatic carboxylic acids is 1. The number of carboxylic acid groups (broad SMARTS) is 1. The number of Topliss-reactive ketones (excluding diaryl/α,β-unsaturated/α-hetero) is 1. The van der Waals surface area contributed by atoms with Gasteiger partial charge in [0.25, 0.3) is 0 Å². The molecule has 0 aromatic carbocycles. The third-order valence-electron chi connectivity index (χ3n) is 5.60. The summed E-state index contributed by atoms with van der Waals surface area (Å²) in [6, 6.07) is -0.491. The number of hydrogen-bond donors (Lipinski definition) is 2. The van der Waals surface area contributed by atoms with Crippen molar-refractivity contribution in [3.63, 3.8) is 0 Å². The van der Waals surface area contributed by atoms with Crippen molar-refractivity contribution < 1.29 is 62.6 Å². The van der Waals surface area contributed by atoms with Crippen LogP contribution in [0, 0.1) is 11.8 Å². The first-order valence-electron chi connectivity index (χ1n) is 9.33. The fourth-order valence-electron chi connectivity index (χ4n) is 4.28. The standard InChI is InChI=1S/C18H20N4O7S2.Na/c1-7-11(15(18(26)27)22-14(7)12(8(2)23)16(22)25)10-5-21-6-19-13(17(21)30-10)9(24)4-20-31(3,28)29;/h5-8,12,14,20,23H,4H2,1-3H3,(H,26,27);/q;+1/p-1/t7-,8+,12+,14+;/m0./s1. The number of amides is 1. The molecule has 2 aromatic rings. The molecule has 1 saturated heterocycles. The second-order valence-corrected chi connectivity index (χ2v) is 10.6. The largest absolute Gasteiger partial charge is 1.00 e. The summed E-state index contributed by atoms with van der Waals surface area (Å²) in [6.45, 7) is 2.81. The Kier molecular flexibility index (Phi) is 6.75. The van der Waals surface area contributed by atoms with Crippen LogP contribution in [0.3, 0.4) is 0 Å². The molecule has 0 bridgehead atoms. The van der Waals surface area contributed by atoms with Crippen LogP contribution in [0.1, 0.15) is 29.2 Å². The van der Waals surface area contributed by atoms with Crippen molar-refractivity contribution in [2.45, 2.75) is 26.0 Å². The quantitative estimate of drug-likeness (QED) is 0.223. The number of aliphatic hydroxyl groups excluding tert-OH is 1. The third kappa shape index (κ3) is 3.95. The minimum absolute atomic E-state index is 0. The van der Waals surface area contributed by atoms with E-state index in [0.717, 1.165) is 17.6 Å². The molecule has 0 saturated carbocycles. The SMILES string of the molecule is C[C@@H](O)[C@H]1C(=O)N2C(C(=O)[O-])=C(c3cn4cnc(C(=O)CNS(C)(=O)=O)c4s3)[C@H](C)[C@H]12.[Na+]. The van der Waals surface area contributed by atoms with Gasteiger partial charge < -0.3 is 19.9 Å². The summed E-state index contributed by atoms with van der Waals surface area (Å²) >= 11 is 1.11. The van der Waals surface area contributed by atoms with E-state index in [1.54, 1.807) is 17.5 Å². The maximum absolute atomic E-state index is 12.5. The molecule has 0 unspecified atom stereocenters. The summed E-state index contributed by atoms with van der Waals surface area (Å²) in [4.78, 5) is 42.9. The van der Waals surface area contributed by atoms with Gasteiger partial charge in [-0.25, -0.2) is 18.1 Å². The summed E-state index contributed by atoms with van der Waals surface area (Å²) in [6.07, 6.45) is 3.00. The van der Waals surface area contributed by atoms with Crippen LogP contribution in [0.25, 0.3) is 10.4 Å². The number of carbonyl (C=O) groups excluding carboxylic acids is 3. The number of aromatic nitrogens is 2. The number of nitrogens with one attached hydrogen (secondary N) is 1. The normalized spacial score (nSPS) is 23.7. The number of carbonyl (C=O) groups is 3. The van der Waals surface area contributed by atoms with Gasteiger partial charge in [0.1, 0.15) is 16.9 Å². The predicted octanol–water partition coefficient (Wildman–Crippen LogP) is -4.55. The molecule has 4 atom stereocenters. The average molecular weight is 490 g/mol. The fraction of sp³-hybridized carbons (Fsp3) is 0.444. The van der Waals surface area contributed by atoms with Crippen LogP contribution >= 0.6 is 11.3 Å². The number of sulfonamides is 1. The zero-order valence-electron chi connectivity index (χ0n) is 17.7. The number of fused-ring (bicyclic) bond motifs is 2. The van der Waals surface area contributed by atoms with E-state index in [1.807, 2.05) is 0 Å². The average Bonchev–Trinajstić information content (AvgIpc) is 3.28. The van der Waals surface area contributed by atoms with Crippen molar-refractivity contribution in [3.8, 4) is 0 Å². The molecule has 4 rings (SSSR count). The van der Waals surface area contributed by atoms with Gasteiger partial charge in [-0.05, 0) is 6.92 Å². The zero-order valence-corrected chi connectivity index (χ0v) is 21.4. The molecule has 2 aliphatic heterocycles. The number of hydrogen-bond acceptors (Lipinski definition) is 9. The number of rotatable bonds is 7. The molecule has 2 aliphatic rings. The van der Waals surface area contributed by atoms with Crippen molar-refractivity contribution in [1.82, 2.24) is 19.0 Å². The number of nitrogens with zero attached hydrogens (tertiary/aromatic N) is 3. The van der Waals surface area contributed by atoms with Crippen molar-refractivity contribution in [2.24, 2.45) is 11.8 Å². The summed E-state index contributed by atoms with van der Waals surface area (Å²) in [5.41, 5.74) is 0.209. The number of thiazole rings is 1.